The quantitative estimate of drug-likeness (QED) is 0.624. The summed E-state index contributed by atoms with van der Waals surface area (Å²) in [7, 11) is 1.21. The Kier molecular flexibility index (Phi) is 3.44. The molecule has 0 aliphatic rings. The van der Waals surface area contributed by atoms with Crippen molar-refractivity contribution in [1.82, 2.24) is 0 Å². The smallest absolute Gasteiger partial charge is 0.339 e. The first-order valence-electron chi connectivity index (χ1n) is 4.59. The molecule has 0 heterocycles. The molecule has 1 N–H and O–H groups in total. The molecule has 0 unspecified atom stereocenters. The number of carboxylic acid groups (broad SMARTS) is 1. The van der Waals surface area contributed by atoms with Gasteiger partial charge in [0.1, 0.15) is 5.56 Å². The molecule has 0 atom stereocenters. The number of ether oxygens (including phenoxy) is 1. The van der Waals surface area contributed by atoms with E-state index in [9.17, 15) is 14.9 Å². The molecule has 1 aromatic rings. The third kappa shape index (κ3) is 2.10. The number of carbonyl (C=O) groups is 1. The predicted octanol–water partition coefficient (Wildman–Crippen LogP) is 1.86. The maximum absolute atomic E-state index is 10.9. The van der Waals surface area contributed by atoms with E-state index in [0.29, 0.717) is 12.0 Å². The SMILES string of the molecule is CCc1cc(C(=O)O)c(OC)c([N+](=O)[O-])c1. The van der Waals surface area contributed by atoms with E-state index in [0.717, 1.165) is 0 Å². The van der Waals surface area contributed by atoms with E-state index in [1.807, 2.05) is 0 Å². The Morgan fingerprint density at radius 2 is 2.19 bits per heavy atom. The van der Waals surface area contributed by atoms with Crippen LogP contribution in [-0.4, -0.2) is 23.1 Å². The van der Waals surface area contributed by atoms with Crippen molar-refractivity contribution in [3.8, 4) is 5.75 Å². The van der Waals surface area contributed by atoms with E-state index in [1.165, 1.54) is 19.2 Å². The van der Waals surface area contributed by atoms with E-state index >= 15 is 0 Å². The van der Waals surface area contributed by atoms with Crippen molar-refractivity contribution >= 4 is 11.7 Å². The minimum Gasteiger partial charge on any atom is -0.490 e. The average Bonchev–Trinajstić information content (AvgIpc) is 2.26. The van der Waals surface area contributed by atoms with Gasteiger partial charge in [0.15, 0.2) is 0 Å². The monoisotopic (exact) mass is 225 g/mol. The zero-order valence-electron chi connectivity index (χ0n) is 8.89. The van der Waals surface area contributed by atoms with E-state index in [2.05, 4.69) is 0 Å². The van der Waals surface area contributed by atoms with Crippen molar-refractivity contribution < 1.29 is 19.6 Å². The Bertz CT molecular complexity index is 406. The normalized spacial score (nSPS) is 9.88. The van der Waals surface area contributed by atoms with Gasteiger partial charge >= 0.3 is 11.7 Å². The first-order chi connectivity index (χ1) is 7.51. The molecule has 1 rings (SSSR count). The molecule has 0 radical (unpaired) electrons. The summed E-state index contributed by atoms with van der Waals surface area (Å²) in [5.74, 6) is -1.45. The fourth-order valence-electron chi connectivity index (χ4n) is 1.38. The number of carboxylic acids is 1. The topological polar surface area (TPSA) is 89.7 Å². The minimum absolute atomic E-state index is 0.187. The minimum atomic E-state index is -1.24. The first kappa shape index (κ1) is 12.0. The van der Waals surface area contributed by atoms with Gasteiger partial charge < -0.3 is 9.84 Å². The number of aromatic carboxylic acids is 1. The summed E-state index contributed by atoms with van der Waals surface area (Å²) in [6.45, 7) is 1.79. The first-order valence-corrected chi connectivity index (χ1v) is 4.59. The van der Waals surface area contributed by atoms with Gasteiger partial charge in [0.05, 0.1) is 12.0 Å². The van der Waals surface area contributed by atoms with Gasteiger partial charge in [0.2, 0.25) is 5.75 Å². The van der Waals surface area contributed by atoms with Crippen molar-refractivity contribution in [1.29, 1.82) is 0 Å². The van der Waals surface area contributed by atoms with Crippen LogP contribution in [0.4, 0.5) is 5.69 Å². The Morgan fingerprint density at radius 3 is 2.56 bits per heavy atom. The lowest BCUT2D eigenvalue weighted by molar-refractivity contribution is -0.385. The van der Waals surface area contributed by atoms with Gasteiger partial charge in [-0.25, -0.2) is 4.79 Å². The third-order valence-corrected chi connectivity index (χ3v) is 2.17. The van der Waals surface area contributed by atoms with Crippen LogP contribution < -0.4 is 4.74 Å². The lowest BCUT2D eigenvalue weighted by atomic mass is 10.1. The van der Waals surface area contributed by atoms with Crippen LogP contribution in [0.5, 0.6) is 5.75 Å². The molecule has 0 bridgehead atoms. The summed E-state index contributed by atoms with van der Waals surface area (Å²) in [6.07, 6.45) is 0.519. The highest BCUT2D eigenvalue weighted by atomic mass is 16.6. The molecular weight excluding hydrogens is 214 g/mol. The number of hydrogen-bond donors (Lipinski definition) is 1. The summed E-state index contributed by atoms with van der Waals surface area (Å²) in [6, 6.07) is 2.71. The van der Waals surface area contributed by atoms with Crippen LogP contribution in [0.3, 0.4) is 0 Å². The standard InChI is InChI=1S/C10H11NO5/c1-3-6-4-7(10(12)13)9(16-2)8(5-6)11(14)15/h4-5H,3H2,1-2H3,(H,12,13). The van der Waals surface area contributed by atoms with Crippen molar-refractivity contribution in [3.63, 3.8) is 0 Å². The maximum Gasteiger partial charge on any atom is 0.339 e. The molecule has 0 saturated carbocycles. The van der Waals surface area contributed by atoms with E-state index < -0.39 is 10.9 Å². The molecule has 6 heteroatoms. The van der Waals surface area contributed by atoms with Crippen LogP contribution in [0.2, 0.25) is 0 Å². The number of rotatable bonds is 4. The van der Waals surface area contributed by atoms with Gasteiger partial charge in [-0.1, -0.05) is 6.92 Å². The molecule has 0 fully saturated rings. The van der Waals surface area contributed by atoms with E-state index in [-0.39, 0.29) is 17.0 Å². The molecule has 0 spiro atoms. The summed E-state index contributed by atoms with van der Waals surface area (Å²) in [4.78, 5) is 21.0. The highest BCUT2D eigenvalue weighted by Gasteiger charge is 2.23. The summed E-state index contributed by atoms with van der Waals surface area (Å²) >= 11 is 0. The van der Waals surface area contributed by atoms with Gasteiger partial charge in [-0.3, -0.25) is 10.1 Å². The molecule has 1 aromatic carbocycles. The zero-order valence-corrected chi connectivity index (χ0v) is 8.89. The van der Waals surface area contributed by atoms with Gasteiger partial charge in [-0.05, 0) is 18.1 Å². The Hall–Kier alpha value is -2.11. The Labute approximate surface area is 91.6 Å². The second-order valence-electron chi connectivity index (χ2n) is 3.11. The van der Waals surface area contributed by atoms with Crippen LogP contribution in [-0.2, 0) is 6.42 Å². The van der Waals surface area contributed by atoms with Gasteiger partial charge in [-0.2, -0.15) is 0 Å². The summed E-state index contributed by atoms with van der Waals surface area (Å²) < 4.78 is 4.78. The Morgan fingerprint density at radius 1 is 1.56 bits per heavy atom. The highest BCUT2D eigenvalue weighted by Crippen LogP contribution is 2.32. The molecule has 0 aromatic heterocycles. The van der Waals surface area contributed by atoms with Crippen molar-refractivity contribution in [3.05, 3.63) is 33.4 Å². The second-order valence-corrected chi connectivity index (χ2v) is 3.11. The highest BCUT2D eigenvalue weighted by molar-refractivity contribution is 5.93. The van der Waals surface area contributed by atoms with Crippen LogP contribution in [0, 0.1) is 10.1 Å². The molecule has 6 nitrogen and oxygen atoms in total. The van der Waals surface area contributed by atoms with Gasteiger partial charge in [-0.15, -0.1) is 0 Å². The molecular formula is C10H11NO5. The van der Waals surface area contributed by atoms with Crippen LogP contribution in [0.1, 0.15) is 22.8 Å². The van der Waals surface area contributed by atoms with Gasteiger partial charge in [0, 0.05) is 6.07 Å². The molecule has 86 valence electrons. The van der Waals surface area contributed by atoms with Crippen LogP contribution >= 0.6 is 0 Å². The average molecular weight is 225 g/mol. The summed E-state index contributed by atoms with van der Waals surface area (Å²) in [5, 5.41) is 19.7. The number of benzene rings is 1. The van der Waals surface area contributed by atoms with Crippen molar-refractivity contribution in [2.75, 3.05) is 7.11 Å². The number of nitrogens with zero attached hydrogens (tertiary/aromatic N) is 1. The lowest BCUT2D eigenvalue weighted by Gasteiger charge is -2.07. The molecule has 16 heavy (non-hydrogen) atoms. The largest absolute Gasteiger partial charge is 0.490 e. The predicted molar refractivity (Wildman–Crippen MR) is 56.0 cm³/mol. The third-order valence-electron chi connectivity index (χ3n) is 2.17. The Balaban J connectivity index is 3.52. The second kappa shape index (κ2) is 4.61. The molecule has 0 aliphatic heterocycles. The zero-order chi connectivity index (χ0) is 12.3. The maximum atomic E-state index is 10.9. The van der Waals surface area contributed by atoms with Crippen LogP contribution in [0.25, 0.3) is 0 Å². The number of methoxy groups -OCH3 is 1. The lowest BCUT2D eigenvalue weighted by Crippen LogP contribution is -2.05. The number of hydrogen-bond acceptors (Lipinski definition) is 4. The van der Waals surface area contributed by atoms with Crippen molar-refractivity contribution in [2.45, 2.75) is 13.3 Å². The van der Waals surface area contributed by atoms with Crippen LogP contribution in [0.15, 0.2) is 12.1 Å². The van der Waals surface area contributed by atoms with Crippen molar-refractivity contribution in [2.24, 2.45) is 0 Å². The van der Waals surface area contributed by atoms with Gasteiger partial charge in [0.25, 0.3) is 0 Å². The van der Waals surface area contributed by atoms with E-state index in [4.69, 9.17) is 9.84 Å². The molecule has 0 aliphatic carbocycles. The fourth-order valence-corrected chi connectivity index (χ4v) is 1.38. The number of nitro groups is 1. The number of nitro benzene ring substituents is 1. The summed E-state index contributed by atoms with van der Waals surface area (Å²) in [5.41, 5.74) is 0.0812. The molecule has 0 amide bonds. The van der Waals surface area contributed by atoms with E-state index in [1.54, 1.807) is 6.92 Å². The fraction of sp³-hybridized carbons (Fsp3) is 0.300. The number of aryl methyl sites for hydroxylation is 1. The molecule has 0 saturated heterocycles.